The third-order valence-corrected chi connectivity index (χ3v) is 6.37. The van der Waals surface area contributed by atoms with Crippen LogP contribution >= 0.6 is 11.3 Å². The van der Waals surface area contributed by atoms with Gasteiger partial charge in [-0.05, 0) is 69.4 Å². The van der Waals surface area contributed by atoms with Crippen molar-refractivity contribution in [3.63, 3.8) is 0 Å². The van der Waals surface area contributed by atoms with Gasteiger partial charge < -0.3 is 4.74 Å². The normalized spacial score (nSPS) is 11.1. The van der Waals surface area contributed by atoms with Crippen molar-refractivity contribution in [2.75, 3.05) is 6.61 Å². The Balaban J connectivity index is 2.14. The van der Waals surface area contributed by atoms with Crippen LogP contribution in [0.2, 0.25) is 0 Å². The average Bonchev–Trinajstić information content (AvgIpc) is 2.97. The Morgan fingerprint density at radius 2 is 1.83 bits per heavy atom. The molecule has 0 amide bonds. The molecule has 2 aromatic heterocycles. The lowest BCUT2D eigenvalue weighted by Crippen LogP contribution is -2.22. The Morgan fingerprint density at radius 1 is 1.14 bits per heavy atom. The number of hydrogen-bond acceptors (Lipinski definition) is 6. The minimum Gasteiger partial charge on any atom is -0.462 e. The number of Topliss-reactive ketones (excluding diaryl/α,β-unsaturated/α-hetero) is 1. The first kappa shape index (κ1) is 20.9. The number of ether oxygens (including phenoxy) is 1. The maximum Gasteiger partial charge on any atom is 0.348 e. The number of ketones is 1. The quantitative estimate of drug-likeness (QED) is 0.465. The predicted octanol–water partition coefficient (Wildman–Crippen LogP) is 4.12. The number of hydrogen-bond donors (Lipinski definition) is 0. The first-order chi connectivity index (χ1) is 13.7. The summed E-state index contributed by atoms with van der Waals surface area (Å²) in [6.07, 6.45) is 1.50. The van der Waals surface area contributed by atoms with Gasteiger partial charge in [0.2, 0.25) is 0 Å². The van der Waals surface area contributed by atoms with Gasteiger partial charge in [0.05, 0.1) is 24.9 Å². The van der Waals surface area contributed by atoms with Gasteiger partial charge in [-0.1, -0.05) is 6.07 Å². The standard InChI is InChI=1S/C22H24N2O4S/c1-7-28-22(27)19-14(5)18-20(29-19)23-10-24(21(18)26)9-16-11(2)8-12(3)17(13(16)4)15(6)25/h8,10H,7,9H2,1-6H3. The van der Waals surface area contributed by atoms with Crippen molar-refractivity contribution in [1.29, 1.82) is 0 Å². The zero-order valence-corrected chi connectivity index (χ0v) is 18.3. The van der Waals surface area contributed by atoms with Crippen LogP contribution in [0.3, 0.4) is 0 Å². The fourth-order valence-electron chi connectivity index (χ4n) is 3.84. The number of carbonyl (C=O) groups excluding carboxylic acids is 2. The molecule has 3 aromatic rings. The molecule has 2 heterocycles. The molecule has 0 aliphatic carbocycles. The summed E-state index contributed by atoms with van der Waals surface area (Å²) in [7, 11) is 0. The number of benzene rings is 1. The molecule has 0 aliphatic rings. The minimum atomic E-state index is -0.435. The lowest BCUT2D eigenvalue weighted by atomic mass is 9.91. The highest BCUT2D eigenvalue weighted by Crippen LogP contribution is 2.28. The van der Waals surface area contributed by atoms with Crippen molar-refractivity contribution in [2.24, 2.45) is 0 Å². The fraction of sp³-hybridized carbons (Fsp3) is 0.364. The second-order valence-electron chi connectivity index (χ2n) is 7.18. The van der Waals surface area contributed by atoms with Gasteiger partial charge in [0.1, 0.15) is 9.71 Å². The summed E-state index contributed by atoms with van der Waals surface area (Å²) in [6, 6.07) is 1.98. The van der Waals surface area contributed by atoms with Crippen molar-refractivity contribution >= 4 is 33.3 Å². The van der Waals surface area contributed by atoms with Crippen molar-refractivity contribution < 1.29 is 14.3 Å². The van der Waals surface area contributed by atoms with Crippen molar-refractivity contribution in [3.05, 3.63) is 61.0 Å². The zero-order chi connectivity index (χ0) is 21.5. The monoisotopic (exact) mass is 412 g/mol. The molecular formula is C22H24N2O4S. The second kappa shape index (κ2) is 7.91. The fourth-order valence-corrected chi connectivity index (χ4v) is 4.88. The van der Waals surface area contributed by atoms with Crippen LogP contribution < -0.4 is 5.56 Å². The molecule has 152 valence electrons. The molecule has 1 aromatic carbocycles. The number of rotatable bonds is 5. The van der Waals surface area contributed by atoms with E-state index in [1.165, 1.54) is 22.2 Å². The summed E-state index contributed by atoms with van der Waals surface area (Å²) in [4.78, 5) is 42.8. The molecule has 0 atom stereocenters. The second-order valence-corrected chi connectivity index (χ2v) is 8.18. The molecule has 29 heavy (non-hydrogen) atoms. The van der Waals surface area contributed by atoms with E-state index in [2.05, 4.69) is 4.98 Å². The van der Waals surface area contributed by atoms with E-state index in [0.29, 0.717) is 32.8 Å². The molecular weight excluding hydrogens is 388 g/mol. The summed E-state index contributed by atoms with van der Waals surface area (Å²) in [6.45, 7) is 11.4. The van der Waals surface area contributed by atoms with Gasteiger partial charge in [-0.15, -0.1) is 11.3 Å². The van der Waals surface area contributed by atoms with E-state index in [-0.39, 0.29) is 17.9 Å². The summed E-state index contributed by atoms with van der Waals surface area (Å²) in [5.41, 5.74) is 4.86. The predicted molar refractivity (Wildman–Crippen MR) is 114 cm³/mol. The minimum absolute atomic E-state index is 0.00920. The molecule has 0 fully saturated rings. The van der Waals surface area contributed by atoms with E-state index >= 15 is 0 Å². The van der Waals surface area contributed by atoms with Gasteiger partial charge >= 0.3 is 5.97 Å². The molecule has 3 rings (SSSR count). The number of aryl methyl sites for hydroxylation is 3. The molecule has 0 spiro atoms. The summed E-state index contributed by atoms with van der Waals surface area (Å²) >= 11 is 1.17. The lowest BCUT2D eigenvalue weighted by molar-refractivity contribution is 0.0531. The van der Waals surface area contributed by atoms with E-state index in [1.54, 1.807) is 20.8 Å². The molecule has 0 aliphatic heterocycles. The van der Waals surface area contributed by atoms with Crippen LogP contribution in [-0.4, -0.2) is 27.9 Å². The number of esters is 1. The SMILES string of the molecule is CCOC(=O)c1sc2ncn(Cc3c(C)cc(C)c(C(C)=O)c3C)c(=O)c2c1C. The van der Waals surface area contributed by atoms with Gasteiger partial charge in [0, 0.05) is 5.56 Å². The Labute approximate surface area is 173 Å². The maximum absolute atomic E-state index is 13.2. The first-order valence-corrected chi connectivity index (χ1v) is 10.2. The maximum atomic E-state index is 13.2. The first-order valence-electron chi connectivity index (χ1n) is 9.43. The van der Waals surface area contributed by atoms with Crippen LogP contribution in [0.25, 0.3) is 10.2 Å². The summed E-state index contributed by atoms with van der Waals surface area (Å²) in [5, 5.41) is 0.440. The lowest BCUT2D eigenvalue weighted by Gasteiger charge is -2.16. The van der Waals surface area contributed by atoms with Crippen LogP contribution in [0, 0.1) is 27.7 Å². The number of nitrogens with zero attached hydrogens (tertiary/aromatic N) is 2. The zero-order valence-electron chi connectivity index (χ0n) is 17.5. The molecule has 7 heteroatoms. The Bertz CT molecular complexity index is 1200. The van der Waals surface area contributed by atoms with Crippen LogP contribution in [0.5, 0.6) is 0 Å². The third kappa shape index (κ3) is 3.62. The highest BCUT2D eigenvalue weighted by molar-refractivity contribution is 7.20. The molecule has 6 nitrogen and oxygen atoms in total. The van der Waals surface area contributed by atoms with Crippen LogP contribution in [-0.2, 0) is 11.3 Å². The number of carbonyl (C=O) groups is 2. The Kier molecular flexibility index (Phi) is 5.71. The van der Waals surface area contributed by atoms with Gasteiger partial charge in [0.25, 0.3) is 5.56 Å². The molecule has 0 radical (unpaired) electrons. The number of fused-ring (bicyclic) bond motifs is 1. The molecule has 0 unspecified atom stereocenters. The van der Waals surface area contributed by atoms with Gasteiger partial charge in [-0.25, -0.2) is 9.78 Å². The molecule has 0 bridgehead atoms. The molecule has 0 saturated heterocycles. The molecule has 0 N–H and O–H groups in total. The van der Waals surface area contributed by atoms with Crippen molar-refractivity contribution in [1.82, 2.24) is 9.55 Å². The van der Waals surface area contributed by atoms with E-state index in [1.807, 2.05) is 26.8 Å². The highest BCUT2D eigenvalue weighted by atomic mass is 32.1. The van der Waals surface area contributed by atoms with Crippen LogP contribution in [0.1, 0.15) is 61.7 Å². The summed E-state index contributed by atoms with van der Waals surface area (Å²) < 4.78 is 6.62. The number of thiophene rings is 1. The van der Waals surface area contributed by atoms with Crippen molar-refractivity contribution in [2.45, 2.75) is 48.1 Å². The highest BCUT2D eigenvalue weighted by Gasteiger charge is 2.21. The Morgan fingerprint density at radius 3 is 2.45 bits per heavy atom. The smallest absolute Gasteiger partial charge is 0.348 e. The van der Waals surface area contributed by atoms with Crippen molar-refractivity contribution in [3.8, 4) is 0 Å². The van der Waals surface area contributed by atoms with Crippen LogP contribution in [0.4, 0.5) is 0 Å². The van der Waals surface area contributed by atoms with Crippen LogP contribution in [0.15, 0.2) is 17.2 Å². The largest absolute Gasteiger partial charge is 0.462 e. The Hall–Kier alpha value is -2.80. The van der Waals surface area contributed by atoms with E-state index in [0.717, 1.165) is 22.3 Å². The van der Waals surface area contributed by atoms with E-state index in [4.69, 9.17) is 4.74 Å². The third-order valence-electron chi connectivity index (χ3n) is 5.19. The van der Waals surface area contributed by atoms with Gasteiger partial charge in [-0.2, -0.15) is 0 Å². The van der Waals surface area contributed by atoms with E-state index in [9.17, 15) is 14.4 Å². The topological polar surface area (TPSA) is 78.3 Å². The number of aromatic nitrogens is 2. The van der Waals surface area contributed by atoms with Gasteiger partial charge in [0.15, 0.2) is 5.78 Å². The summed E-state index contributed by atoms with van der Waals surface area (Å²) in [5.74, 6) is -0.426. The molecule has 0 saturated carbocycles. The average molecular weight is 413 g/mol. The van der Waals surface area contributed by atoms with Gasteiger partial charge in [-0.3, -0.25) is 14.2 Å². The van der Waals surface area contributed by atoms with E-state index < -0.39 is 5.97 Å².